The summed E-state index contributed by atoms with van der Waals surface area (Å²) in [5.41, 5.74) is 4.06. The van der Waals surface area contributed by atoms with Gasteiger partial charge in [0.15, 0.2) is 5.82 Å². The minimum absolute atomic E-state index is 0.674. The van der Waals surface area contributed by atoms with Crippen molar-refractivity contribution in [2.24, 2.45) is 0 Å². The number of nitrogens with zero attached hydrogens (tertiary/aromatic N) is 3. The van der Waals surface area contributed by atoms with Crippen molar-refractivity contribution >= 4 is 22.4 Å². The van der Waals surface area contributed by atoms with Crippen LogP contribution in [0.1, 0.15) is 12.0 Å². The number of anilines is 2. The Labute approximate surface area is 157 Å². The number of para-hydroxylation sites is 1. The lowest BCUT2D eigenvalue weighted by Crippen LogP contribution is -2.08. The number of nitrogens with one attached hydrogen (secondary N) is 1. The third-order valence-electron chi connectivity index (χ3n) is 4.72. The molecule has 5 nitrogen and oxygen atoms in total. The quantitative estimate of drug-likeness (QED) is 0.575. The molecule has 0 aliphatic carbocycles. The van der Waals surface area contributed by atoms with Gasteiger partial charge in [0.25, 0.3) is 0 Å². The first-order valence-corrected chi connectivity index (χ1v) is 9.07. The van der Waals surface area contributed by atoms with Gasteiger partial charge in [-0.2, -0.15) is 0 Å². The van der Waals surface area contributed by atoms with E-state index in [2.05, 4.69) is 28.5 Å². The molecule has 3 heterocycles. The summed E-state index contributed by atoms with van der Waals surface area (Å²) < 4.78 is 5.80. The number of rotatable bonds is 3. The van der Waals surface area contributed by atoms with Crippen LogP contribution in [0.15, 0.2) is 67.0 Å². The highest BCUT2D eigenvalue weighted by molar-refractivity contribution is 5.92. The lowest BCUT2D eigenvalue weighted by atomic mass is 10.1. The molecule has 132 valence electrons. The summed E-state index contributed by atoms with van der Waals surface area (Å²) in [5.74, 6) is 2.41. The standard InChI is InChI=1S/C22H18N4O/c1-2-6-19-18(5-1)22(26-21(25-19)16-9-11-23-12-10-16)24-17-8-7-15-4-3-13-27-20(15)14-17/h1-2,5-12,14H,3-4,13H2,(H,24,25,26). The summed E-state index contributed by atoms with van der Waals surface area (Å²) in [4.78, 5) is 13.6. The van der Waals surface area contributed by atoms with Gasteiger partial charge in [-0.15, -0.1) is 0 Å². The number of pyridine rings is 1. The number of benzene rings is 2. The number of ether oxygens (including phenoxy) is 1. The maximum atomic E-state index is 5.80. The van der Waals surface area contributed by atoms with E-state index < -0.39 is 0 Å². The first-order chi connectivity index (χ1) is 13.4. The van der Waals surface area contributed by atoms with Crippen LogP contribution < -0.4 is 10.1 Å². The van der Waals surface area contributed by atoms with E-state index in [0.717, 1.165) is 53.2 Å². The van der Waals surface area contributed by atoms with Gasteiger partial charge in [-0.25, -0.2) is 9.97 Å². The first-order valence-electron chi connectivity index (χ1n) is 9.07. The van der Waals surface area contributed by atoms with Crippen LogP contribution in [0.25, 0.3) is 22.3 Å². The number of hydrogen-bond acceptors (Lipinski definition) is 5. The Morgan fingerprint density at radius 1 is 0.926 bits per heavy atom. The zero-order valence-electron chi connectivity index (χ0n) is 14.7. The topological polar surface area (TPSA) is 59.9 Å². The molecule has 0 saturated heterocycles. The highest BCUT2D eigenvalue weighted by atomic mass is 16.5. The predicted octanol–water partition coefficient (Wildman–Crippen LogP) is 4.76. The lowest BCUT2D eigenvalue weighted by Gasteiger charge is -2.18. The molecule has 0 bridgehead atoms. The molecule has 5 heteroatoms. The molecule has 2 aromatic heterocycles. The number of fused-ring (bicyclic) bond motifs is 2. The molecular formula is C22H18N4O. The maximum Gasteiger partial charge on any atom is 0.162 e. The molecule has 2 aromatic carbocycles. The Bertz CT molecular complexity index is 1110. The van der Waals surface area contributed by atoms with Crippen molar-refractivity contribution in [1.29, 1.82) is 0 Å². The Balaban J connectivity index is 1.59. The van der Waals surface area contributed by atoms with E-state index in [9.17, 15) is 0 Å². The van der Waals surface area contributed by atoms with Crippen LogP contribution in [0, 0.1) is 0 Å². The van der Waals surface area contributed by atoms with Gasteiger partial charge in [-0.1, -0.05) is 18.2 Å². The van der Waals surface area contributed by atoms with Crippen molar-refractivity contribution in [1.82, 2.24) is 15.0 Å². The fraction of sp³-hybridized carbons (Fsp3) is 0.136. The number of hydrogen-bond donors (Lipinski definition) is 1. The third kappa shape index (κ3) is 3.08. The van der Waals surface area contributed by atoms with Crippen molar-refractivity contribution in [3.63, 3.8) is 0 Å². The van der Waals surface area contributed by atoms with Crippen LogP contribution in [0.3, 0.4) is 0 Å². The first kappa shape index (κ1) is 15.8. The summed E-state index contributed by atoms with van der Waals surface area (Å²) in [7, 11) is 0. The van der Waals surface area contributed by atoms with Gasteiger partial charge in [-0.3, -0.25) is 4.98 Å². The third-order valence-corrected chi connectivity index (χ3v) is 4.72. The van der Waals surface area contributed by atoms with Crippen LogP contribution in [0.4, 0.5) is 11.5 Å². The van der Waals surface area contributed by atoms with Crippen LogP contribution in [0.2, 0.25) is 0 Å². The second-order valence-electron chi connectivity index (χ2n) is 6.55. The monoisotopic (exact) mass is 354 g/mol. The van der Waals surface area contributed by atoms with Gasteiger partial charge >= 0.3 is 0 Å². The second kappa shape index (κ2) is 6.68. The second-order valence-corrected chi connectivity index (χ2v) is 6.55. The van der Waals surface area contributed by atoms with Crippen molar-refractivity contribution in [3.8, 4) is 17.1 Å². The normalized spacial score (nSPS) is 13.0. The zero-order valence-corrected chi connectivity index (χ0v) is 14.7. The van der Waals surface area contributed by atoms with Gasteiger partial charge < -0.3 is 10.1 Å². The molecular weight excluding hydrogens is 336 g/mol. The Kier molecular flexibility index (Phi) is 3.90. The molecule has 1 aliphatic heterocycles. The Morgan fingerprint density at radius 3 is 2.74 bits per heavy atom. The average molecular weight is 354 g/mol. The molecule has 4 aromatic rings. The predicted molar refractivity (Wildman–Crippen MR) is 106 cm³/mol. The van der Waals surface area contributed by atoms with Crippen LogP contribution in [-0.2, 0) is 6.42 Å². The van der Waals surface area contributed by atoms with E-state index in [1.807, 2.05) is 36.4 Å². The molecule has 0 atom stereocenters. The molecule has 0 saturated carbocycles. The number of aromatic nitrogens is 3. The van der Waals surface area contributed by atoms with E-state index in [1.165, 1.54) is 5.56 Å². The van der Waals surface area contributed by atoms with Crippen molar-refractivity contribution in [2.45, 2.75) is 12.8 Å². The molecule has 0 amide bonds. The molecule has 27 heavy (non-hydrogen) atoms. The van der Waals surface area contributed by atoms with Crippen LogP contribution in [-0.4, -0.2) is 21.6 Å². The van der Waals surface area contributed by atoms with E-state index in [-0.39, 0.29) is 0 Å². The van der Waals surface area contributed by atoms with E-state index in [1.54, 1.807) is 12.4 Å². The van der Waals surface area contributed by atoms with Gasteiger partial charge in [0, 0.05) is 35.1 Å². The molecule has 0 unspecified atom stereocenters. The zero-order chi connectivity index (χ0) is 18.1. The van der Waals surface area contributed by atoms with Gasteiger partial charge in [0.1, 0.15) is 11.6 Å². The van der Waals surface area contributed by atoms with Gasteiger partial charge in [0.2, 0.25) is 0 Å². The van der Waals surface area contributed by atoms with Gasteiger partial charge in [0.05, 0.1) is 12.1 Å². The van der Waals surface area contributed by atoms with Crippen molar-refractivity contribution < 1.29 is 4.74 Å². The smallest absolute Gasteiger partial charge is 0.162 e. The summed E-state index contributed by atoms with van der Waals surface area (Å²) in [6.45, 7) is 0.777. The highest BCUT2D eigenvalue weighted by Crippen LogP contribution is 2.31. The minimum atomic E-state index is 0.674. The molecule has 5 rings (SSSR count). The van der Waals surface area contributed by atoms with Crippen molar-refractivity contribution in [2.75, 3.05) is 11.9 Å². The van der Waals surface area contributed by atoms with E-state index in [0.29, 0.717) is 5.82 Å². The average Bonchev–Trinajstić information content (AvgIpc) is 2.74. The molecule has 0 spiro atoms. The molecule has 0 fully saturated rings. The van der Waals surface area contributed by atoms with E-state index in [4.69, 9.17) is 14.7 Å². The summed E-state index contributed by atoms with van der Waals surface area (Å²) in [6.07, 6.45) is 5.65. The van der Waals surface area contributed by atoms with E-state index >= 15 is 0 Å². The fourth-order valence-corrected chi connectivity index (χ4v) is 3.36. The SMILES string of the molecule is c1ccc2c(Nc3ccc4c(c3)OCCC4)nc(-c3ccncc3)nc2c1. The van der Waals surface area contributed by atoms with Crippen LogP contribution in [0.5, 0.6) is 5.75 Å². The summed E-state index contributed by atoms with van der Waals surface area (Å²) in [6, 6.07) is 18.1. The Morgan fingerprint density at radius 2 is 1.81 bits per heavy atom. The Hall–Kier alpha value is -3.47. The largest absolute Gasteiger partial charge is 0.493 e. The lowest BCUT2D eigenvalue weighted by molar-refractivity contribution is 0.288. The highest BCUT2D eigenvalue weighted by Gasteiger charge is 2.13. The fourth-order valence-electron chi connectivity index (χ4n) is 3.36. The van der Waals surface area contributed by atoms with Gasteiger partial charge in [-0.05, 0) is 48.7 Å². The number of aryl methyl sites for hydroxylation is 1. The molecule has 1 aliphatic rings. The summed E-state index contributed by atoms with van der Waals surface area (Å²) in [5, 5.41) is 4.44. The molecule has 0 radical (unpaired) electrons. The van der Waals surface area contributed by atoms with Crippen LogP contribution >= 0.6 is 0 Å². The molecule has 1 N–H and O–H groups in total. The van der Waals surface area contributed by atoms with Crippen molar-refractivity contribution in [3.05, 3.63) is 72.6 Å². The minimum Gasteiger partial charge on any atom is -0.493 e. The summed E-state index contributed by atoms with van der Waals surface area (Å²) >= 11 is 0. The maximum absolute atomic E-state index is 5.80.